The second-order valence-electron chi connectivity index (χ2n) is 6.47. The van der Waals surface area contributed by atoms with Crippen molar-refractivity contribution in [2.75, 3.05) is 6.54 Å². The molecule has 2 rings (SSSR count). The summed E-state index contributed by atoms with van der Waals surface area (Å²) in [5, 5.41) is 2.87. The Bertz CT molecular complexity index is 740. The van der Waals surface area contributed by atoms with Crippen LogP contribution < -0.4 is 5.32 Å². The molecule has 1 unspecified atom stereocenters. The molecule has 0 aliphatic carbocycles. The number of aryl methyl sites for hydroxylation is 2. The van der Waals surface area contributed by atoms with Gasteiger partial charge in [-0.15, -0.1) is 0 Å². The lowest BCUT2D eigenvalue weighted by molar-refractivity contribution is -0.121. The van der Waals surface area contributed by atoms with E-state index in [9.17, 15) is 9.59 Å². The lowest BCUT2D eigenvalue weighted by Gasteiger charge is -2.28. The predicted molar refractivity (Wildman–Crippen MR) is 99.7 cm³/mol. The van der Waals surface area contributed by atoms with Crippen LogP contribution in [0.5, 0.6) is 0 Å². The first-order chi connectivity index (χ1) is 12.4. The van der Waals surface area contributed by atoms with Crippen molar-refractivity contribution >= 4 is 11.8 Å². The number of hydrogen-bond acceptors (Lipinski definition) is 4. The molecule has 1 atom stereocenters. The quantitative estimate of drug-likeness (QED) is 0.787. The van der Waals surface area contributed by atoms with Crippen molar-refractivity contribution in [2.24, 2.45) is 0 Å². The Kier molecular flexibility index (Phi) is 6.95. The molecule has 0 radical (unpaired) electrons. The first-order valence-corrected chi connectivity index (χ1v) is 8.96. The third-order valence-corrected chi connectivity index (χ3v) is 4.45. The molecule has 6 nitrogen and oxygen atoms in total. The van der Waals surface area contributed by atoms with Crippen molar-refractivity contribution in [3.63, 3.8) is 0 Å². The van der Waals surface area contributed by atoms with Gasteiger partial charge in [-0.25, -0.2) is 0 Å². The van der Waals surface area contributed by atoms with Crippen LogP contribution in [-0.4, -0.2) is 34.3 Å². The van der Waals surface area contributed by atoms with Crippen molar-refractivity contribution in [3.05, 3.63) is 53.2 Å². The van der Waals surface area contributed by atoms with Gasteiger partial charge in [0, 0.05) is 37.9 Å². The summed E-state index contributed by atoms with van der Waals surface area (Å²) in [6.07, 6.45) is 4.49. The molecule has 0 spiro atoms. The minimum atomic E-state index is -0.0891. The summed E-state index contributed by atoms with van der Waals surface area (Å²) in [7, 11) is 0. The van der Waals surface area contributed by atoms with Crippen LogP contribution in [0.3, 0.4) is 0 Å². The number of carbonyl (C=O) groups excluding carboxylic acids is 2. The van der Waals surface area contributed by atoms with Crippen molar-refractivity contribution in [1.29, 1.82) is 0 Å². The Morgan fingerprint density at radius 2 is 2.12 bits per heavy atom. The number of aromatic nitrogens is 1. The topological polar surface area (TPSA) is 75.4 Å². The van der Waals surface area contributed by atoms with E-state index in [1.165, 1.54) is 0 Å². The Morgan fingerprint density at radius 1 is 1.35 bits per heavy atom. The van der Waals surface area contributed by atoms with Gasteiger partial charge in [0.25, 0.3) is 5.91 Å². The first-order valence-electron chi connectivity index (χ1n) is 8.96. The highest BCUT2D eigenvalue weighted by Crippen LogP contribution is 2.18. The number of furan rings is 1. The van der Waals surface area contributed by atoms with Gasteiger partial charge in [0.15, 0.2) is 0 Å². The largest absolute Gasteiger partial charge is 0.466 e. The molecule has 26 heavy (non-hydrogen) atoms. The third kappa shape index (κ3) is 5.18. The van der Waals surface area contributed by atoms with E-state index in [1.807, 2.05) is 32.9 Å². The zero-order valence-corrected chi connectivity index (χ0v) is 15.9. The number of pyridine rings is 1. The van der Waals surface area contributed by atoms with Crippen LogP contribution in [0.15, 0.2) is 35.0 Å². The Morgan fingerprint density at radius 3 is 2.69 bits per heavy atom. The predicted octanol–water partition coefficient (Wildman–Crippen LogP) is 3.24. The number of carbonyl (C=O) groups is 2. The van der Waals surface area contributed by atoms with E-state index in [0.717, 1.165) is 12.0 Å². The highest BCUT2D eigenvalue weighted by Gasteiger charge is 2.24. The second-order valence-corrected chi connectivity index (χ2v) is 6.47. The molecule has 2 heterocycles. The van der Waals surface area contributed by atoms with Gasteiger partial charge >= 0.3 is 0 Å². The van der Waals surface area contributed by atoms with E-state index in [4.69, 9.17) is 4.42 Å². The van der Waals surface area contributed by atoms with Gasteiger partial charge in [-0.05, 0) is 44.9 Å². The fourth-order valence-electron chi connectivity index (χ4n) is 2.75. The van der Waals surface area contributed by atoms with Crippen LogP contribution in [0, 0.1) is 13.8 Å². The monoisotopic (exact) mass is 357 g/mol. The minimum Gasteiger partial charge on any atom is -0.466 e. The molecule has 0 aliphatic rings. The second kappa shape index (κ2) is 9.17. The van der Waals surface area contributed by atoms with E-state index in [-0.39, 0.29) is 24.3 Å². The van der Waals surface area contributed by atoms with Crippen molar-refractivity contribution < 1.29 is 14.0 Å². The average Bonchev–Trinajstić information content (AvgIpc) is 2.98. The van der Waals surface area contributed by atoms with Gasteiger partial charge in [-0.1, -0.05) is 13.0 Å². The number of nitrogens with one attached hydrogen (secondary N) is 1. The molecule has 0 aromatic carbocycles. The Balaban J connectivity index is 1.96. The van der Waals surface area contributed by atoms with Crippen LogP contribution in [-0.2, 0) is 11.3 Å². The van der Waals surface area contributed by atoms with E-state index >= 15 is 0 Å². The summed E-state index contributed by atoms with van der Waals surface area (Å²) in [5.74, 6) is 1.15. The highest BCUT2D eigenvalue weighted by molar-refractivity contribution is 5.95. The fraction of sp³-hybridized carbons (Fsp3) is 0.450. The standard InChI is InChI=1S/C20H27N3O3/c1-5-14(2)23(20(25)18-11-15(3)26-16(18)4)10-8-19(24)22-13-17-7-6-9-21-12-17/h6-7,9,11-12,14H,5,8,10,13H2,1-4H3,(H,22,24). The molecular formula is C20H27N3O3. The molecule has 2 aromatic rings. The molecule has 2 amide bonds. The zero-order valence-electron chi connectivity index (χ0n) is 15.9. The maximum Gasteiger partial charge on any atom is 0.257 e. The minimum absolute atomic E-state index is 0.0447. The van der Waals surface area contributed by atoms with Crippen LogP contribution >= 0.6 is 0 Å². The van der Waals surface area contributed by atoms with Crippen LogP contribution in [0.2, 0.25) is 0 Å². The first kappa shape index (κ1) is 19.7. The highest BCUT2D eigenvalue weighted by atomic mass is 16.3. The molecule has 1 N–H and O–H groups in total. The third-order valence-electron chi connectivity index (χ3n) is 4.45. The summed E-state index contributed by atoms with van der Waals surface area (Å²) in [4.78, 5) is 30.8. The summed E-state index contributed by atoms with van der Waals surface area (Å²) < 4.78 is 5.48. The van der Waals surface area contributed by atoms with Crippen molar-refractivity contribution in [1.82, 2.24) is 15.2 Å². The van der Waals surface area contributed by atoms with E-state index < -0.39 is 0 Å². The molecule has 0 bridgehead atoms. The molecule has 0 aliphatic heterocycles. The maximum atomic E-state index is 12.9. The Hall–Kier alpha value is -2.63. The zero-order chi connectivity index (χ0) is 19.1. The summed E-state index contributed by atoms with van der Waals surface area (Å²) in [6, 6.07) is 5.55. The Labute approximate surface area is 154 Å². The van der Waals surface area contributed by atoms with Gasteiger partial charge in [0.05, 0.1) is 5.56 Å². The van der Waals surface area contributed by atoms with Gasteiger partial charge in [0.1, 0.15) is 11.5 Å². The number of hydrogen-bond donors (Lipinski definition) is 1. The van der Waals surface area contributed by atoms with Crippen LogP contribution in [0.25, 0.3) is 0 Å². The van der Waals surface area contributed by atoms with Gasteiger partial charge in [-0.2, -0.15) is 0 Å². The lowest BCUT2D eigenvalue weighted by atomic mass is 10.1. The van der Waals surface area contributed by atoms with Gasteiger partial charge < -0.3 is 14.6 Å². The molecule has 0 fully saturated rings. The average molecular weight is 357 g/mol. The number of amides is 2. The van der Waals surface area contributed by atoms with Crippen LogP contribution in [0.1, 0.15) is 54.1 Å². The summed E-state index contributed by atoms with van der Waals surface area (Å²) in [5.41, 5.74) is 1.51. The smallest absolute Gasteiger partial charge is 0.257 e. The normalized spacial score (nSPS) is 11.8. The van der Waals surface area contributed by atoms with Crippen LogP contribution in [0.4, 0.5) is 0 Å². The van der Waals surface area contributed by atoms with Crippen molar-refractivity contribution in [2.45, 2.75) is 53.1 Å². The van der Waals surface area contributed by atoms with Gasteiger partial charge in [-0.3, -0.25) is 14.6 Å². The molecule has 0 saturated carbocycles. The number of rotatable bonds is 8. The number of nitrogens with zero attached hydrogens (tertiary/aromatic N) is 2. The molecular weight excluding hydrogens is 330 g/mol. The maximum absolute atomic E-state index is 12.9. The molecule has 2 aromatic heterocycles. The van der Waals surface area contributed by atoms with Crippen molar-refractivity contribution in [3.8, 4) is 0 Å². The SMILES string of the molecule is CCC(C)N(CCC(=O)NCc1cccnc1)C(=O)c1cc(C)oc1C. The van der Waals surface area contributed by atoms with E-state index in [1.54, 1.807) is 30.3 Å². The summed E-state index contributed by atoms with van der Waals surface area (Å²) >= 11 is 0. The van der Waals surface area contributed by atoms with Gasteiger partial charge in [0.2, 0.25) is 5.91 Å². The summed E-state index contributed by atoms with van der Waals surface area (Å²) in [6.45, 7) is 8.44. The van der Waals surface area contributed by atoms with E-state index in [2.05, 4.69) is 10.3 Å². The fourth-order valence-corrected chi connectivity index (χ4v) is 2.75. The molecule has 140 valence electrons. The van der Waals surface area contributed by atoms with E-state index in [0.29, 0.717) is 30.2 Å². The lowest BCUT2D eigenvalue weighted by Crippen LogP contribution is -2.41. The molecule has 6 heteroatoms. The molecule has 0 saturated heterocycles.